The van der Waals surface area contributed by atoms with Gasteiger partial charge in [-0.1, -0.05) is 25.4 Å². The molecule has 0 bridgehead atoms. The van der Waals surface area contributed by atoms with Gasteiger partial charge in [-0.3, -0.25) is 0 Å². The van der Waals surface area contributed by atoms with Crippen molar-refractivity contribution in [2.24, 2.45) is 0 Å². The van der Waals surface area contributed by atoms with Gasteiger partial charge in [0.05, 0.1) is 22.5 Å². The number of aromatic amines is 1. The molecule has 27 heavy (non-hydrogen) atoms. The van der Waals surface area contributed by atoms with Crippen molar-refractivity contribution in [3.8, 4) is 5.75 Å². The Hall–Kier alpha value is -0.520. The Balaban J connectivity index is 2.03. The van der Waals surface area contributed by atoms with E-state index in [1.165, 1.54) is 11.8 Å². The summed E-state index contributed by atoms with van der Waals surface area (Å²) in [6, 6.07) is 3.65. The number of aliphatic hydroxyl groups excluding tert-OH is 4. The molecule has 0 amide bonds. The van der Waals surface area contributed by atoms with E-state index in [4.69, 9.17) is 21.1 Å². The Kier molecular flexibility index (Phi) is 6.64. The standard InChI is InChI=1S/C17H21BrClNO6S/c1-6(2)27-16-15(10-8(20-16)4-3-7(18)11(10)19)26-17-14(24)13(23)12(22)9(5-21)25-17/h3-4,6,9,12-14,17,20-24H,5H2,1-2H3/t9-,12+,13+,14-,17+/m1/s1. The van der Waals surface area contributed by atoms with Gasteiger partial charge >= 0.3 is 0 Å². The summed E-state index contributed by atoms with van der Waals surface area (Å²) in [5, 5.41) is 41.6. The van der Waals surface area contributed by atoms with Crippen LogP contribution in [-0.4, -0.2) is 68.0 Å². The Morgan fingerprint density at radius 3 is 2.59 bits per heavy atom. The van der Waals surface area contributed by atoms with Crippen molar-refractivity contribution in [2.45, 2.75) is 54.8 Å². The van der Waals surface area contributed by atoms with Gasteiger partial charge in [-0.25, -0.2) is 0 Å². The molecule has 1 aromatic carbocycles. The van der Waals surface area contributed by atoms with Crippen LogP contribution in [0.1, 0.15) is 13.8 Å². The van der Waals surface area contributed by atoms with Gasteiger partial charge in [0.15, 0.2) is 5.75 Å². The minimum atomic E-state index is -1.52. The zero-order valence-electron chi connectivity index (χ0n) is 14.6. The normalized spacial score (nSPS) is 28.9. The summed E-state index contributed by atoms with van der Waals surface area (Å²) in [4.78, 5) is 3.25. The van der Waals surface area contributed by atoms with Crippen LogP contribution in [0, 0.1) is 0 Å². The molecule has 1 aliphatic rings. The van der Waals surface area contributed by atoms with Gasteiger partial charge < -0.3 is 34.9 Å². The molecule has 150 valence electrons. The summed E-state index contributed by atoms with van der Waals surface area (Å²) in [5.74, 6) is 0.374. The maximum absolute atomic E-state index is 10.3. The Bertz CT molecular complexity index is 816. The third kappa shape index (κ3) is 4.11. The Morgan fingerprint density at radius 1 is 1.26 bits per heavy atom. The van der Waals surface area contributed by atoms with E-state index in [1.807, 2.05) is 26.0 Å². The lowest BCUT2D eigenvalue weighted by molar-refractivity contribution is -0.277. The molecule has 0 unspecified atom stereocenters. The highest BCUT2D eigenvalue weighted by Gasteiger charge is 2.45. The van der Waals surface area contributed by atoms with E-state index in [1.54, 1.807) is 0 Å². The predicted octanol–water partition coefficient (Wildman–Crippen LogP) is 2.26. The van der Waals surface area contributed by atoms with Crippen molar-refractivity contribution in [1.82, 2.24) is 4.98 Å². The lowest BCUT2D eigenvalue weighted by Crippen LogP contribution is -2.60. The fourth-order valence-corrected chi connectivity index (χ4v) is 4.36. The zero-order chi connectivity index (χ0) is 19.9. The van der Waals surface area contributed by atoms with Crippen molar-refractivity contribution >= 4 is 50.2 Å². The van der Waals surface area contributed by atoms with E-state index in [0.29, 0.717) is 25.7 Å². The first kappa shape index (κ1) is 21.2. The first-order valence-electron chi connectivity index (χ1n) is 8.38. The van der Waals surface area contributed by atoms with Crippen LogP contribution in [-0.2, 0) is 4.74 Å². The van der Waals surface area contributed by atoms with Crippen molar-refractivity contribution < 1.29 is 29.9 Å². The van der Waals surface area contributed by atoms with E-state index in [2.05, 4.69) is 20.9 Å². The second-order valence-corrected chi connectivity index (χ2v) is 9.37. The molecule has 3 rings (SSSR count). The van der Waals surface area contributed by atoms with Crippen LogP contribution < -0.4 is 4.74 Å². The molecule has 1 aromatic heterocycles. The van der Waals surface area contributed by atoms with Gasteiger partial charge in [0.25, 0.3) is 0 Å². The molecule has 0 radical (unpaired) electrons. The number of H-pyrrole nitrogens is 1. The van der Waals surface area contributed by atoms with Gasteiger partial charge in [-0.05, 0) is 28.1 Å². The van der Waals surface area contributed by atoms with Crippen LogP contribution in [0.5, 0.6) is 5.75 Å². The molecule has 1 aliphatic heterocycles. The summed E-state index contributed by atoms with van der Waals surface area (Å²) in [6.07, 6.45) is -6.82. The van der Waals surface area contributed by atoms with Gasteiger partial charge in [-0.2, -0.15) is 0 Å². The molecule has 5 N–H and O–H groups in total. The Morgan fingerprint density at radius 2 is 1.96 bits per heavy atom. The first-order valence-corrected chi connectivity index (χ1v) is 10.4. The van der Waals surface area contributed by atoms with Crippen LogP contribution in [0.15, 0.2) is 21.6 Å². The molecule has 0 aliphatic carbocycles. The lowest BCUT2D eigenvalue weighted by atomic mass is 9.99. The molecular weight excluding hydrogens is 462 g/mol. The smallest absolute Gasteiger partial charge is 0.229 e. The number of halogens is 2. The molecule has 2 aromatic rings. The maximum atomic E-state index is 10.3. The van der Waals surface area contributed by atoms with Crippen molar-refractivity contribution in [3.05, 3.63) is 21.6 Å². The van der Waals surface area contributed by atoms with Crippen LogP contribution in [0.4, 0.5) is 0 Å². The summed E-state index contributed by atoms with van der Waals surface area (Å²) in [7, 11) is 0. The summed E-state index contributed by atoms with van der Waals surface area (Å²) >= 11 is 11.4. The molecule has 10 heteroatoms. The number of thioether (sulfide) groups is 1. The second kappa shape index (κ2) is 8.46. The van der Waals surface area contributed by atoms with E-state index in [9.17, 15) is 20.4 Å². The van der Waals surface area contributed by atoms with Gasteiger partial charge in [0, 0.05) is 9.72 Å². The summed E-state index contributed by atoms with van der Waals surface area (Å²) in [6.45, 7) is 3.51. The number of aliphatic hydroxyl groups is 4. The molecule has 0 spiro atoms. The number of hydrogen-bond acceptors (Lipinski definition) is 7. The van der Waals surface area contributed by atoms with E-state index >= 15 is 0 Å². The Labute approximate surface area is 173 Å². The maximum Gasteiger partial charge on any atom is 0.229 e. The van der Waals surface area contributed by atoms with E-state index in [0.717, 1.165) is 5.52 Å². The molecule has 1 fully saturated rings. The number of ether oxygens (including phenoxy) is 2. The molecular formula is C17H21BrClNO6S. The van der Waals surface area contributed by atoms with Crippen LogP contribution in [0.2, 0.25) is 5.02 Å². The molecule has 2 heterocycles. The van der Waals surface area contributed by atoms with Gasteiger partial charge in [0.2, 0.25) is 6.29 Å². The highest BCUT2D eigenvalue weighted by molar-refractivity contribution is 9.10. The van der Waals surface area contributed by atoms with Crippen LogP contribution >= 0.6 is 39.3 Å². The number of nitrogens with one attached hydrogen (secondary N) is 1. The van der Waals surface area contributed by atoms with Crippen molar-refractivity contribution in [1.29, 1.82) is 0 Å². The largest absolute Gasteiger partial charge is 0.458 e. The van der Waals surface area contributed by atoms with Crippen LogP contribution in [0.25, 0.3) is 10.9 Å². The molecule has 0 saturated carbocycles. The highest BCUT2D eigenvalue weighted by Crippen LogP contribution is 2.44. The minimum absolute atomic E-state index is 0.234. The summed E-state index contributed by atoms with van der Waals surface area (Å²) in [5.41, 5.74) is 0.742. The molecule has 1 saturated heterocycles. The molecule has 5 atom stereocenters. The fraction of sp³-hybridized carbons (Fsp3) is 0.529. The van der Waals surface area contributed by atoms with E-state index < -0.39 is 37.3 Å². The zero-order valence-corrected chi connectivity index (χ0v) is 17.8. The fourth-order valence-electron chi connectivity index (χ4n) is 2.88. The van der Waals surface area contributed by atoms with Gasteiger partial charge in [-0.15, -0.1) is 11.8 Å². The quantitative estimate of drug-likeness (QED) is 0.415. The number of hydrogen-bond donors (Lipinski definition) is 5. The van der Waals surface area contributed by atoms with Gasteiger partial charge in [0.1, 0.15) is 29.4 Å². The second-order valence-electron chi connectivity index (χ2n) is 6.55. The number of fused-ring (bicyclic) bond motifs is 1. The predicted molar refractivity (Wildman–Crippen MR) is 106 cm³/mol. The first-order chi connectivity index (χ1) is 12.7. The van der Waals surface area contributed by atoms with Crippen LogP contribution in [0.3, 0.4) is 0 Å². The lowest BCUT2D eigenvalue weighted by Gasteiger charge is -2.39. The number of benzene rings is 1. The SMILES string of the molecule is CC(C)Sc1[nH]c2ccc(Br)c(Cl)c2c1O[C@@H]1O[C@H](CO)[C@H](O)[C@H](O)[C@H]1O. The van der Waals surface area contributed by atoms with Crippen molar-refractivity contribution in [3.63, 3.8) is 0 Å². The third-order valence-corrected chi connectivity index (χ3v) is 6.49. The molecule has 7 nitrogen and oxygen atoms in total. The summed E-state index contributed by atoms with van der Waals surface area (Å²) < 4.78 is 12.1. The van der Waals surface area contributed by atoms with Crippen molar-refractivity contribution in [2.75, 3.05) is 6.61 Å². The minimum Gasteiger partial charge on any atom is -0.458 e. The van der Waals surface area contributed by atoms with E-state index in [-0.39, 0.29) is 5.25 Å². The topological polar surface area (TPSA) is 115 Å². The average molecular weight is 483 g/mol. The highest BCUT2D eigenvalue weighted by atomic mass is 79.9. The monoisotopic (exact) mass is 481 g/mol. The average Bonchev–Trinajstić information content (AvgIpc) is 2.95. The number of aromatic nitrogens is 1. The number of rotatable bonds is 5. The third-order valence-electron chi connectivity index (χ3n) is 4.21.